The van der Waals surface area contributed by atoms with Gasteiger partial charge in [0.25, 0.3) is 0 Å². The van der Waals surface area contributed by atoms with Crippen LogP contribution in [0.15, 0.2) is 21.9 Å². The average molecular weight is 184 g/mol. The van der Waals surface area contributed by atoms with Crippen LogP contribution in [-0.4, -0.2) is 25.0 Å². The number of nitrogens with zero attached hydrogens (tertiary/aromatic N) is 2. The van der Waals surface area contributed by atoms with Gasteiger partial charge in [0.15, 0.2) is 0 Å². The molecule has 0 amide bonds. The largest absolute Gasteiger partial charge is 0.370 e. The van der Waals surface area contributed by atoms with Crippen molar-refractivity contribution in [2.45, 2.75) is 13.0 Å². The highest BCUT2D eigenvalue weighted by Crippen LogP contribution is 2.03. The fraction of sp³-hybridized carbons (Fsp3) is 0.571. The number of aliphatic imine (C=N–C) groups is 1. The van der Waals surface area contributed by atoms with Gasteiger partial charge in [0.05, 0.1) is 5.71 Å². The number of hydrogen-bond donors (Lipinski definition) is 2. The van der Waals surface area contributed by atoms with Crippen LogP contribution in [-0.2, 0) is 4.84 Å². The lowest BCUT2D eigenvalue weighted by Crippen LogP contribution is -2.33. The molecule has 72 valence electrons. The van der Waals surface area contributed by atoms with E-state index in [4.69, 9.17) is 5.90 Å². The van der Waals surface area contributed by atoms with E-state index in [0.29, 0.717) is 12.4 Å². The average Bonchev–Trinajstić information content (AvgIpc) is 2.14. The third kappa shape index (κ3) is 2.60. The quantitative estimate of drug-likeness (QED) is 0.472. The molecule has 0 fully saturated rings. The Hall–Kier alpha value is -1.27. The molecule has 1 heterocycles. The molecule has 0 saturated heterocycles. The van der Waals surface area contributed by atoms with Gasteiger partial charge in [-0.1, -0.05) is 5.18 Å². The van der Waals surface area contributed by atoms with Crippen molar-refractivity contribution in [3.63, 3.8) is 0 Å². The van der Waals surface area contributed by atoms with E-state index < -0.39 is 6.10 Å². The van der Waals surface area contributed by atoms with E-state index in [0.717, 1.165) is 5.70 Å². The first kappa shape index (κ1) is 9.82. The van der Waals surface area contributed by atoms with E-state index >= 15 is 0 Å². The van der Waals surface area contributed by atoms with Gasteiger partial charge >= 0.3 is 0 Å². The van der Waals surface area contributed by atoms with Gasteiger partial charge in [-0.15, -0.1) is 0 Å². The normalized spacial score (nSPS) is 18.3. The third-order valence-corrected chi connectivity index (χ3v) is 1.72. The molecule has 0 radical (unpaired) electrons. The molecule has 0 spiro atoms. The van der Waals surface area contributed by atoms with Crippen LogP contribution in [0.2, 0.25) is 0 Å². The van der Waals surface area contributed by atoms with Gasteiger partial charge in [-0.25, -0.2) is 5.90 Å². The molecule has 6 heteroatoms. The number of hydrogen-bond acceptors (Lipinski definition) is 6. The molecule has 0 aliphatic carbocycles. The first-order valence-electron chi connectivity index (χ1n) is 3.89. The summed E-state index contributed by atoms with van der Waals surface area (Å²) in [7, 11) is 0. The minimum Gasteiger partial charge on any atom is -0.370 e. The molecule has 1 aliphatic heterocycles. The maximum atomic E-state index is 10.0. The minimum atomic E-state index is -0.533. The minimum absolute atomic E-state index is 0.0148. The molecular formula is C7H12N4O2. The van der Waals surface area contributed by atoms with Crippen LogP contribution < -0.4 is 11.2 Å². The first-order valence-corrected chi connectivity index (χ1v) is 3.89. The molecule has 1 rings (SSSR count). The molecule has 0 aromatic carbocycles. The second-order valence-corrected chi connectivity index (χ2v) is 2.68. The van der Waals surface area contributed by atoms with E-state index in [1.807, 2.05) is 6.92 Å². The number of allylic oxidation sites excluding steroid dienone is 1. The van der Waals surface area contributed by atoms with Crippen molar-refractivity contribution in [3.8, 4) is 0 Å². The molecule has 6 nitrogen and oxygen atoms in total. The Labute approximate surface area is 75.8 Å². The summed E-state index contributed by atoms with van der Waals surface area (Å²) in [6.45, 7) is 2.37. The molecule has 0 saturated carbocycles. The van der Waals surface area contributed by atoms with E-state index in [-0.39, 0.29) is 6.54 Å². The smallest absolute Gasteiger partial charge is 0.143 e. The van der Waals surface area contributed by atoms with Crippen molar-refractivity contribution in [1.29, 1.82) is 0 Å². The Balaban J connectivity index is 2.68. The van der Waals surface area contributed by atoms with E-state index in [1.54, 1.807) is 6.08 Å². The zero-order valence-corrected chi connectivity index (χ0v) is 7.36. The molecular weight excluding hydrogens is 172 g/mol. The van der Waals surface area contributed by atoms with Crippen LogP contribution in [0.25, 0.3) is 0 Å². The van der Waals surface area contributed by atoms with Crippen LogP contribution >= 0.6 is 0 Å². The lowest BCUT2D eigenvalue weighted by atomic mass is 10.1. The molecule has 1 atom stereocenters. The Morgan fingerprint density at radius 2 is 2.69 bits per heavy atom. The van der Waals surface area contributed by atoms with Gasteiger partial charge in [0.2, 0.25) is 0 Å². The summed E-state index contributed by atoms with van der Waals surface area (Å²) >= 11 is 0. The van der Waals surface area contributed by atoms with Crippen LogP contribution in [0.4, 0.5) is 0 Å². The second-order valence-electron chi connectivity index (χ2n) is 2.68. The molecule has 0 bridgehead atoms. The lowest BCUT2D eigenvalue weighted by molar-refractivity contribution is 0.106. The van der Waals surface area contributed by atoms with Gasteiger partial charge in [-0.05, 0) is 13.0 Å². The monoisotopic (exact) mass is 184 g/mol. The van der Waals surface area contributed by atoms with Crippen molar-refractivity contribution in [2.24, 2.45) is 16.1 Å². The molecule has 3 N–H and O–H groups in total. The number of nitrogens with two attached hydrogens (primary N) is 1. The summed E-state index contributed by atoms with van der Waals surface area (Å²) in [5.41, 5.74) is 1.62. The molecule has 1 unspecified atom stereocenters. The number of nitrogens with one attached hydrogen (secondary N) is 1. The Kier molecular flexibility index (Phi) is 3.53. The predicted octanol–water partition coefficient (Wildman–Crippen LogP) is -0.0828. The van der Waals surface area contributed by atoms with Crippen molar-refractivity contribution < 1.29 is 4.84 Å². The van der Waals surface area contributed by atoms with Gasteiger partial charge in [-0.2, -0.15) is 4.91 Å². The van der Waals surface area contributed by atoms with Crippen molar-refractivity contribution in [2.75, 3.05) is 13.2 Å². The fourth-order valence-electron chi connectivity index (χ4n) is 1.04. The molecule has 0 aromatic rings. The van der Waals surface area contributed by atoms with Gasteiger partial charge in [-0.3, -0.25) is 9.83 Å². The SMILES string of the molecule is CC1=CC(C(CN=O)ON)=NCN1. The zero-order valence-electron chi connectivity index (χ0n) is 7.36. The van der Waals surface area contributed by atoms with Crippen LogP contribution in [0.5, 0.6) is 0 Å². The lowest BCUT2D eigenvalue weighted by Gasteiger charge is -2.16. The van der Waals surface area contributed by atoms with Crippen LogP contribution in [0, 0.1) is 4.91 Å². The van der Waals surface area contributed by atoms with Gasteiger partial charge in [0.1, 0.15) is 19.3 Å². The van der Waals surface area contributed by atoms with Crippen molar-refractivity contribution >= 4 is 5.71 Å². The summed E-state index contributed by atoms with van der Waals surface area (Å²) in [4.78, 5) is 18.7. The van der Waals surface area contributed by atoms with E-state index in [9.17, 15) is 4.91 Å². The molecule has 0 aromatic heterocycles. The van der Waals surface area contributed by atoms with Gasteiger partial charge < -0.3 is 5.32 Å². The summed E-state index contributed by atoms with van der Waals surface area (Å²) in [5, 5.41) is 5.72. The summed E-state index contributed by atoms with van der Waals surface area (Å²) in [5.74, 6) is 5.01. The van der Waals surface area contributed by atoms with E-state index in [2.05, 4.69) is 20.3 Å². The highest BCUT2D eigenvalue weighted by Gasteiger charge is 2.16. The zero-order chi connectivity index (χ0) is 9.68. The van der Waals surface area contributed by atoms with Crippen molar-refractivity contribution in [1.82, 2.24) is 5.32 Å². The summed E-state index contributed by atoms with van der Waals surface area (Å²) in [6, 6.07) is 0. The van der Waals surface area contributed by atoms with Crippen LogP contribution in [0.1, 0.15) is 6.92 Å². The molecule has 13 heavy (non-hydrogen) atoms. The maximum absolute atomic E-state index is 10.0. The Morgan fingerprint density at radius 3 is 3.23 bits per heavy atom. The van der Waals surface area contributed by atoms with Crippen LogP contribution in [0.3, 0.4) is 0 Å². The fourth-order valence-corrected chi connectivity index (χ4v) is 1.04. The van der Waals surface area contributed by atoms with Gasteiger partial charge in [0, 0.05) is 5.70 Å². The predicted molar refractivity (Wildman–Crippen MR) is 48.9 cm³/mol. The Bertz CT molecular complexity index is 249. The highest BCUT2D eigenvalue weighted by atomic mass is 16.6. The maximum Gasteiger partial charge on any atom is 0.143 e. The summed E-state index contributed by atoms with van der Waals surface area (Å²) < 4.78 is 0. The molecule has 1 aliphatic rings. The second kappa shape index (κ2) is 4.68. The van der Waals surface area contributed by atoms with E-state index in [1.165, 1.54) is 0 Å². The highest BCUT2D eigenvalue weighted by molar-refractivity contribution is 5.99. The number of rotatable bonds is 4. The first-order chi connectivity index (χ1) is 6.27. The standard InChI is InChI=1S/C7H12N4O2/c1-5-2-6(10-4-9-5)7(13-8)3-11-12/h2,7,9H,3-4,8H2,1H3. The third-order valence-electron chi connectivity index (χ3n) is 1.72. The Morgan fingerprint density at radius 1 is 1.92 bits per heavy atom. The van der Waals surface area contributed by atoms with Crippen molar-refractivity contribution in [3.05, 3.63) is 16.7 Å². The number of nitroso groups, excluding NO2 is 1. The topological polar surface area (TPSA) is 89.1 Å². The summed E-state index contributed by atoms with van der Waals surface area (Å²) in [6.07, 6.45) is 1.25.